The number of piperazine rings is 1. The first-order valence-electron chi connectivity index (χ1n) is 14.4. The molecule has 5 rings (SSSR count). The number of nitrogens with one attached hydrogen (secondary N) is 3. The van der Waals surface area contributed by atoms with Gasteiger partial charge in [-0.05, 0) is 37.4 Å². The normalized spacial score (nSPS) is 13.3. The van der Waals surface area contributed by atoms with Crippen LogP contribution in [0.4, 0.5) is 11.5 Å². The Kier molecular flexibility index (Phi) is 17.9. The van der Waals surface area contributed by atoms with Crippen molar-refractivity contribution in [1.29, 1.82) is 5.26 Å². The predicted molar refractivity (Wildman–Crippen MR) is 168 cm³/mol. The van der Waals surface area contributed by atoms with Crippen LogP contribution < -0.4 is 30.3 Å². The maximum atomic E-state index is 13.0. The van der Waals surface area contributed by atoms with Gasteiger partial charge in [-0.1, -0.05) is 52.0 Å². The summed E-state index contributed by atoms with van der Waals surface area (Å²) in [6, 6.07) is 15.2. The van der Waals surface area contributed by atoms with Gasteiger partial charge < -0.3 is 30.3 Å². The maximum absolute atomic E-state index is 13.0. The van der Waals surface area contributed by atoms with Crippen LogP contribution in [-0.4, -0.2) is 69.4 Å². The quantitative estimate of drug-likeness (QED) is 0.380. The van der Waals surface area contributed by atoms with Crippen LogP contribution in [0.15, 0.2) is 42.5 Å². The van der Waals surface area contributed by atoms with Crippen molar-refractivity contribution in [2.45, 2.75) is 47.5 Å². The third-order valence-corrected chi connectivity index (χ3v) is 5.82. The number of methoxy groups -OCH3 is 2. The van der Waals surface area contributed by atoms with Gasteiger partial charge >= 0.3 is 6.01 Å². The maximum Gasteiger partial charge on any atom is 0.318 e. The van der Waals surface area contributed by atoms with Crippen molar-refractivity contribution < 1.29 is 14.3 Å². The zero-order chi connectivity index (χ0) is 30.5. The Morgan fingerprint density at radius 2 is 1.54 bits per heavy atom. The van der Waals surface area contributed by atoms with E-state index in [9.17, 15) is 4.79 Å². The minimum atomic E-state index is -0.333. The van der Waals surface area contributed by atoms with E-state index in [0.29, 0.717) is 17.3 Å². The van der Waals surface area contributed by atoms with Crippen LogP contribution in [0.5, 0.6) is 11.8 Å². The number of carbonyl (C=O) groups excluding carboxylic acids is 1. The molecule has 0 radical (unpaired) electrons. The first kappa shape index (κ1) is 35.1. The van der Waals surface area contributed by atoms with Gasteiger partial charge in [-0.25, -0.2) is 0 Å². The highest BCUT2D eigenvalue weighted by Gasteiger charge is 2.19. The van der Waals surface area contributed by atoms with Gasteiger partial charge in [-0.15, -0.1) is 0 Å². The summed E-state index contributed by atoms with van der Waals surface area (Å²) in [6.45, 7) is 15.3. The fourth-order valence-electron chi connectivity index (χ4n) is 3.99. The number of rotatable bonds is 5. The van der Waals surface area contributed by atoms with Crippen LogP contribution >= 0.6 is 0 Å². The summed E-state index contributed by atoms with van der Waals surface area (Å²) in [5.74, 6) is 1.01. The molecule has 41 heavy (non-hydrogen) atoms. The summed E-state index contributed by atoms with van der Waals surface area (Å²) in [5, 5.41) is 18.7. The van der Waals surface area contributed by atoms with E-state index >= 15 is 0 Å². The van der Waals surface area contributed by atoms with Crippen molar-refractivity contribution in [3.63, 3.8) is 0 Å². The number of nitrogens with zero attached hydrogens (tertiary/aromatic N) is 4. The molecule has 2 aliphatic rings. The number of ether oxygens (including phenoxy) is 2. The van der Waals surface area contributed by atoms with E-state index in [4.69, 9.17) is 14.7 Å². The topological polar surface area (TPSA) is 124 Å². The van der Waals surface area contributed by atoms with Gasteiger partial charge in [0, 0.05) is 50.6 Å². The minimum Gasteiger partial charge on any atom is -0.497 e. The molecule has 3 aromatic rings. The van der Waals surface area contributed by atoms with E-state index in [-0.39, 0.29) is 17.6 Å². The zero-order valence-corrected chi connectivity index (χ0v) is 25.7. The molecule has 10 heteroatoms. The van der Waals surface area contributed by atoms with E-state index in [1.165, 1.54) is 40.0 Å². The summed E-state index contributed by atoms with van der Waals surface area (Å²) in [4.78, 5) is 23.8. The Labute approximate surface area is 245 Å². The molecule has 10 nitrogen and oxygen atoms in total. The SMILES string of the molecule is C1CCNC1.CC.CC.CC#N.COc1cc(NC(=O)c2cc(N3CCNCC3)nc(OC)n2)c2ccccc2c1. The summed E-state index contributed by atoms with van der Waals surface area (Å²) >= 11 is 0. The highest BCUT2D eigenvalue weighted by Crippen LogP contribution is 2.30. The smallest absolute Gasteiger partial charge is 0.318 e. The summed E-state index contributed by atoms with van der Waals surface area (Å²) < 4.78 is 10.6. The van der Waals surface area contributed by atoms with Crippen LogP contribution in [0.1, 0.15) is 57.9 Å². The fourth-order valence-corrected chi connectivity index (χ4v) is 3.99. The lowest BCUT2D eigenvalue weighted by atomic mass is 10.1. The molecule has 2 saturated heterocycles. The molecule has 1 amide bonds. The summed E-state index contributed by atoms with van der Waals surface area (Å²) in [5.41, 5.74) is 0.906. The number of hydrogen-bond donors (Lipinski definition) is 3. The second-order valence-electron chi connectivity index (χ2n) is 8.37. The Morgan fingerprint density at radius 1 is 0.927 bits per heavy atom. The highest BCUT2D eigenvalue weighted by atomic mass is 16.5. The molecule has 0 atom stereocenters. The molecule has 0 unspecified atom stereocenters. The number of benzene rings is 2. The third kappa shape index (κ3) is 11.6. The minimum absolute atomic E-state index is 0.168. The van der Waals surface area contributed by atoms with Gasteiger partial charge in [0.2, 0.25) is 0 Å². The molecule has 2 fully saturated rings. The average molecular weight is 566 g/mol. The number of fused-ring (bicyclic) bond motifs is 1. The Morgan fingerprint density at radius 3 is 2.10 bits per heavy atom. The number of amides is 1. The van der Waals surface area contributed by atoms with Gasteiger partial charge in [-0.2, -0.15) is 15.2 Å². The van der Waals surface area contributed by atoms with Crippen LogP contribution in [0, 0.1) is 11.3 Å². The summed E-state index contributed by atoms with van der Waals surface area (Å²) in [6.07, 6.45) is 2.78. The second-order valence-corrected chi connectivity index (χ2v) is 8.37. The van der Waals surface area contributed by atoms with Crippen LogP contribution in [-0.2, 0) is 0 Å². The van der Waals surface area contributed by atoms with Crippen LogP contribution in [0.3, 0.4) is 0 Å². The average Bonchev–Trinajstić information content (AvgIpc) is 3.64. The molecule has 0 saturated carbocycles. The van der Waals surface area contributed by atoms with Gasteiger partial charge in [-0.3, -0.25) is 4.79 Å². The number of hydrogen-bond acceptors (Lipinski definition) is 9. The number of nitriles is 1. The summed E-state index contributed by atoms with van der Waals surface area (Å²) in [7, 11) is 3.10. The fraction of sp³-hybridized carbons (Fsp3) is 0.484. The first-order valence-corrected chi connectivity index (χ1v) is 14.4. The molecule has 0 aliphatic carbocycles. The zero-order valence-electron chi connectivity index (χ0n) is 25.7. The monoisotopic (exact) mass is 565 g/mol. The lowest BCUT2D eigenvalue weighted by Crippen LogP contribution is -2.44. The lowest BCUT2D eigenvalue weighted by molar-refractivity contribution is 0.102. The highest BCUT2D eigenvalue weighted by molar-refractivity contribution is 6.09. The molecule has 2 aliphatic heterocycles. The second kappa shape index (κ2) is 20.9. The molecule has 3 N–H and O–H groups in total. The van der Waals surface area contributed by atoms with Crippen molar-refractivity contribution in [3.05, 3.63) is 48.2 Å². The van der Waals surface area contributed by atoms with Crippen molar-refractivity contribution in [2.75, 3.05) is 63.7 Å². The van der Waals surface area contributed by atoms with Gasteiger partial charge in [0.25, 0.3) is 5.91 Å². The molecular weight excluding hydrogens is 518 g/mol. The third-order valence-electron chi connectivity index (χ3n) is 5.82. The lowest BCUT2D eigenvalue weighted by Gasteiger charge is -2.28. The van der Waals surface area contributed by atoms with Crippen LogP contribution in [0.25, 0.3) is 10.8 Å². The van der Waals surface area contributed by atoms with Crippen molar-refractivity contribution in [1.82, 2.24) is 20.6 Å². The van der Waals surface area contributed by atoms with Gasteiger partial charge in [0.15, 0.2) is 0 Å². The Hall–Kier alpha value is -3.94. The molecule has 0 bridgehead atoms. The molecule has 224 valence electrons. The first-order chi connectivity index (χ1) is 20.1. The Balaban J connectivity index is 0.000000596. The van der Waals surface area contributed by atoms with Crippen molar-refractivity contribution in [3.8, 4) is 17.8 Å². The predicted octanol–water partition coefficient (Wildman–Crippen LogP) is 5.26. The molecule has 0 spiro atoms. The number of anilines is 2. The van der Waals surface area contributed by atoms with E-state index in [0.717, 1.165) is 37.0 Å². The number of carbonyl (C=O) groups is 1. The Bertz CT molecular complexity index is 1200. The molecule has 1 aromatic heterocycles. The van der Waals surface area contributed by atoms with Crippen LogP contribution in [0.2, 0.25) is 0 Å². The van der Waals surface area contributed by atoms with E-state index in [1.54, 1.807) is 25.3 Å². The largest absolute Gasteiger partial charge is 0.497 e. The van der Waals surface area contributed by atoms with Gasteiger partial charge in [0.1, 0.15) is 17.3 Å². The van der Waals surface area contributed by atoms with E-state index < -0.39 is 0 Å². The number of aromatic nitrogens is 2. The van der Waals surface area contributed by atoms with E-state index in [2.05, 4.69) is 30.8 Å². The molecule has 2 aromatic carbocycles. The molecule has 3 heterocycles. The standard InChI is InChI=1S/C21H23N5O3.C4H9N.C2H3N.2C2H6/c1-28-15-11-14-5-3-4-6-16(14)17(12-15)23-20(27)18-13-19(25-21(24-18)29-2)26-9-7-22-8-10-26;1-2-4-5-3-1;1-2-3;2*1-2/h3-6,11-13,22H,7-10H2,1-2H3,(H,23,27);5H,1-4H2;1H3;2*1-2H3. The molecular formula is C31H47N7O3. The van der Waals surface area contributed by atoms with Crippen molar-refractivity contribution >= 4 is 28.2 Å². The van der Waals surface area contributed by atoms with Crippen molar-refractivity contribution in [2.24, 2.45) is 0 Å². The van der Waals surface area contributed by atoms with Gasteiger partial charge in [0.05, 0.1) is 26.0 Å². The van der Waals surface area contributed by atoms with E-state index in [1.807, 2.05) is 58.0 Å².